The highest BCUT2D eigenvalue weighted by atomic mass is 16.5. The Balaban J connectivity index is 0.00000171. The molecule has 0 aliphatic heterocycles. The topological polar surface area (TPSA) is 92.6 Å². The monoisotopic (exact) mass is 391 g/mol. The van der Waals surface area contributed by atoms with Crippen molar-refractivity contribution >= 4 is 22.9 Å². The van der Waals surface area contributed by atoms with E-state index < -0.39 is 0 Å². The number of aliphatic hydroxyl groups excluding tert-OH is 1. The van der Waals surface area contributed by atoms with E-state index in [0.717, 1.165) is 23.8 Å². The number of hydrogen-bond acceptors (Lipinski definition) is 6. The molecular weight excluding hydrogens is 358 g/mol. The lowest BCUT2D eigenvalue weighted by molar-refractivity contribution is -0.148. The van der Waals surface area contributed by atoms with Crippen LogP contribution in [0.25, 0.3) is 11.0 Å². The fourth-order valence-electron chi connectivity index (χ4n) is 2.45. The first-order chi connectivity index (χ1) is 13.6. The molecule has 156 valence electrons. The molecule has 0 aliphatic carbocycles. The van der Waals surface area contributed by atoms with Gasteiger partial charge in [-0.1, -0.05) is 13.8 Å². The smallest absolute Gasteiger partial charge is 0.325 e. The Labute approximate surface area is 167 Å². The lowest BCUT2D eigenvalue weighted by Crippen LogP contribution is -2.36. The van der Waals surface area contributed by atoms with E-state index in [1.54, 1.807) is 13.1 Å². The van der Waals surface area contributed by atoms with Crippen molar-refractivity contribution in [1.29, 1.82) is 0 Å². The molecule has 2 rings (SSSR count). The van der Waals surface area contributed by atoms with E-state index in [9.17, 15) is 9.59 Å². The van der Waals surface area contributed by atoms with Crippen molar-refractivity contribution < 1.29 is 19.4 Å². The first-order valence-corrected chi connectivity index (χ1v) is 9.72. The molecule has 0 spiro atoms. The molecule has 1 amide bonds. The van der Waals surface area contributed by atoms with Gasteiger partial charge in [-0.25, -0.2) is 9.97 Å². The van der Waals surface area contributed by atoms with Crippen LogP contribution in [0.1, 0.15) is 46.2 Å². The van der Waals surface area contributed by atoms with Crippen molar-refractivity contribution in [2.75, 3.05) is 26.8 Å². The molecule has 7 nitrogen and oxygen atoms in total. The van der Waals surface area contributed by atoms with Gasteiger partial charge in [0.2, 0.25) is 5.91 Å². The van der Waals surface area contributed by atoms with Gasteiger partial charge in [0.05, 0.1) is 6.61 Å². The fraction of sp³-hybridized carbons (Fsp3) is 0.524. The number of carbonyl (C=O) groups is 2. The number of rotatable bonds is 8. The average Bonchev–Trinajstić information content (AvgIpc) is 2.75. The van der Waals surface area contributed by atoms with E-state index in [-0.39, 0.29) is 18.4 Å². The molecule has 0 unspecified atom stereocenters. The molecular formula is C21H33N3O4. The third-order valence-corrected chi connectivity index (χ3v) is 3.70. The summed E-state index contributed by atoms with van der Waals surface area (Å²) in [5.74, 6) is -0.403. The van der Waals surface area contributed by atoms with Gasteiger partial charge in [-0.3, -0.25) is 9.59 Å². The van der Waals surface area contributed by atoms with Crippen LogP contribution in [-0.2, 0) is 20.7 Å². The second-order valence-corrected chi connectivity index (χ2v) is 5.42. The first-order valence-electron chi connectivity index (χ1n) is 9.72. The highest BCUT2D eigenvalue weighted by molar-refractivity contribution is 5.82. The second-order valence-electron chi connectivity index (χ2n) is 5.42. The van der Waals surface area contributed by atoms with Crippen LogP contribution in [0.5, 0.6) is 0 Å². The molecule has 0 atom stereocenters. The lowest BCUT2D eigenvalue weighted by atomic mass is 10.1. The first kappa shape index (κ1) is 25.5. The van der Waals surface area contributed by atoms with Crippen LogP contribution in [0.2, 0.25) is 0 Å². The van der Waals surface area contributed by atoms with E-state index in [4.69, 9.17) is 9.84 Å². The highest BCUT2D eigenvalue weighted by Gasteiger charge is 2.15. The zero-order valence-corrected chi connectivity index (χ0v) is 17.6. The number of esters is 1. The zero-order valence-electron chi connectivity index (χ0n) is 17.6. The van der Waals surface area contributed by atoms with E-state index >= 15 is 0 Å². The van der Waals surface area contributed by atoms with Crippen LogP contribution in [-0.4, -0.2) is 58.7 Å². The number of carbonyl (C=O) groups excluding carboxylic acids is 2. The number of nitrogens with zero attached hydrogens (tertiary/aromatic N) is 3. The molecule has 0 bridgehead atoms. The minimum Gasteiger partial charge on any atom is -0.465 e. The van der Waals surface area contributed by atoms with Gasteiger partial charge in [-0.15, -0.1) is 0 Å². The Morgan fingerprint density at radius 2 is 1.86 bits per heavy atom. The molecule has 1 N–H and O–H groups in total. The minimum atomic E-state index is -0.366. The van der Waals surface area contributed by atoms with Gasteiger partial charge in [0.15, 0.2) is 5.65 Å². The largest absolute Gasteiger partial charge is 0.465 e. The number of amides is 1. The quantitative estimate of drug-likeness (QED) is 0.696. The fourth-order valence-corrected chi connectivity index (χ4v) is 2.45. The predicted octanol–water partition coefficient (Wildman–Crippen LogP) is 3.00. The van der Waals surface area contributed by atoms with Crippen molar-refractivity contribution in [2.45, 2.75) is 47.0 Å². The average molecular weight is 392 g/mol. The molecule has 2 aromatic rings. The number of ether oxygens (including phenoxy) is 1. The van der Waals surface area contributed by atoms with E-state index in [1.807, 2.05) is 45.0 Å². The molecule has 0 saturated carbocycles. The van der Waals surface area contributed by atoms with Crippen molar-refractivity contribution in [3.63, 3.8) is 0 Å². The van der Waals surface area contributed by atoms with Crippen LogP contribution in [0.15, 0.2) is 30.5 Å². The Morgan fingerprint density at radius 3 is 2.50 bits per heavy atom. The van der Waals surface area contributed by atoms with Crippen LogP contribution in [0, 0.1) is 0 Å². The summed E-state index contributed by atoms with van der Waals surface area (Å²) in [7, 11) is 1.00. The molecule has 0 saturated heterocycles. The van der Waals surface area contributed by atoms with E-state index in [0.29, 0.717) is 32.4 Å². The molecule has 2 aromatic heterocycles. The normalized spacial score (nSPS) is 9.50. The van der Waals surface area contributed by atoms with E-state index in [1.165, 1.54) is 4.90 Å². The van der Waals surface area contributed by atoms with Gasteiger partial charge >= 0.3 is 5.97 Å². The number of aliphatic hydroxyl groups is 1. The van der Waals surface area contributed by atoms with Gasteiger partial charge < -0.3 is 14.7 Å². The molecule has 28 heavy (non-hydrogen) atoms. The highest BCUT2D eigenvalue weighted by Crippen LogP contribution is 2.11. The zero-order chi connectivity index (χ0) is 21.4. The number of fused-ring (bicyclic) bond motifs is 1. The summed E-state index contributed by atoms with van der Waals surface area (Å²) in [5, 5.41) is 8.00. The van der Waals surface area contributed by atoms with Gasteiger partial charge in [0, 0.05) is 37.4 Å². The maximum atomic E-state index is 12.2. The van der Waals surface area contributed by atoms with Gasteiger partial charge in [-0.2, -0.15) is 0 Å². The number of hydrogen-bond donors (Lipinski definition) is 1. The Bertz CT molecular complexity index is 707. The van der Waals surface area contributed by atoms with Crippen LogP contribution < -0.4 is 0 Å². The third-order valence-electron chi connectivity index (χ3n) is 3.70. The van der Waals surface area contributed by atoms with Crippen LogP contribution in [0.4, 0.5) is 0 Å². The van der Waals surface area contributed by atoms with Crippen molar-refractivity contribution in [3.8, 4) is 0 Å². The summed E-state index contributed by atoms with van der Waals surface area (Å²) in [4.78, 5) is 34.0. The number of likely N-dealkylation sites (N-methyl/N-ethyl adjacent to an activating group) is 1. The van der Waals surface area contributed by atoms with E-state index in [2.05, 4.69) is 9.97 Å². The van der Waals surface area contributed by atoms with Crippen LogP contribution >= 0.6 is 0 Å². The van der Waals surface area contributed by atoms with Gasteiger partial charge in [-0.05, 0) is 51.0 Å². The van der Waals surface area contributed by atoms with Crippen molar-refractivity contribution in [3.05, 3.63) is 36.2 Å². The molecule has 2 heterocycles. The summed E-state index contributed by atoms with van der Waals surface area (Å²) < 4.78 is 4.89. The molecule has 7 heteroatoms. The SMILES string of the molecule is CC.CCOC(=O)CN(CC)C(=O)CCCc1ccc2cccnc2n1.CO. The summed E-state index contributed by atoms with van der Waals surface area (Å²) in [6, 6.07) is 7.80. The molecule has 0 radical (unpaired) electrons. The number of aromatic nitrogens is 2. The Hall–Kier alpha value is -2.54. The summed E-state index contributed by atoms with van der Waals surface area (Å²) in [6.07, 6.45) is 3.49. The summed E-state index contributed by atoms with van der Waals surface area (Å²) in [5.41, 5.74) is 1.64. The maximum absolute atomic E-state index is 12.2. The third kappa shape index (κ3) is 8.90. The number of aryl methyl sites for hydroxylation is 1. The summed E-state index contributed by atoms with van der Waals surface area (Å²) in [6.45, 7) is 8.44. The Kier molecular flexibility index (Phi) is 14.1. The molecule has 0 aromatic carbocycles. The minimum absolute atomic E-state index is 0.0152. The van der Waals surface area contributed by atoms with Crippen LogP contribution in [0.3, 0.4) is 0 Å². The second kappa shape index (κ2) is 15.5. The Morgan fingerprint density at radius 1 is 1.14 bits per heavy atom. The standard InChI is InChI=1S/C18H23N3O3.C2H6.CH4O/c1-3-21(13-17(23)24-4-2)16(22)9-5-8-15-11-10-14-7-6-12-19-18(14)20-15;2*1-2/h6-7,10-12H,3-5,8-9,13H2,1-2H3;1-2H3;2H,1H3. The van der Waals surface area contributed by atoms with Gasteiger partial charge in [0.25, 0.3) is 0 Å². The van der Waals surface area contributed by atoms with Gasteiger partial charge in [0.1, 0.15) is 6.54 Å². The number of pyridine rings is 2. The predicted molar refractivity (Wildman–Crippen MR) is 111 cm³/mol. The molecule has 0 aliphatic rings. The van der Waals surface area contributed by atoms with Crippen molar-refractivity contribution in [1.82, 2.24) is 14.9 Å². The van der Waals surface area contributed by atoms with Crippen molar-refractivity contribution in [2.24, 2.45) is 0 Å². The maximum Gasteiger partial charge on any atom is 0.325 e. The lowest BCUT2D eigenvalue weighted by Gasteiger charge is -2.19. The summed E-state index contributed by atoms with van der Waals surface area (Å²) >= 11 is 0. The molecule has 0 fully saturated rings.